The van der Waals surface area contributed by atoms with Crippen LogP contribution in [-0.4, -0.2) is 37.6 Å². The van der Waals surface area contributed by atoms with Gasteiger partial charge in [-0.1, -0.05) is 54.6 Å². The molecule has 1 saturated heterocycles. The molecule has 1 fully saturated rings. The van der Waals surface area contributed by atoms with E-state index in [0.717, 1.165) is 23.8 Å². The molecule has 3 aromatic rings. The summed E-state index contributed by atoms with van der Waals surface area (Å²) in [5.41, 5.74) is 2.65. The normalized spacial score (nSPS) is 18.4. The van der Waals surface area contributed by atoms with Gasteiger partial charge in [-0.15, -0.1) is 0 Å². The Labute approximate surface area is 199 Å². The zero-order valence-corrected chi connectivity index (χ0v) is 19.3. The van der Waals surface area contributed by atoms with Crippen LogP contribution in [0, 0.1) is 17.6 Å². The minimum atomic E-state index is -0.589. The standard InChI is InChI=1S/C28H30F2N2O2/c1-34-27-10-6-5-9-21(27)13-14-31-28(33)24-15-23(20-7-3-2-4-8-20)18-32(19-24)17-22-11-12-25(29)16-26(22)30/h2-12,16,23-24H,13-15,17-19H2,1H3,(H,31,33). The Morgan fingerprint density at radius 3 is 2.53 bits per heavy atom. The van der Waals surface area contributed by atoms with Gasteiger partial charge in [0.05, 0.1) is 13.0 Å². The average Bonchev–Trinajstić information content (AvgIpc) is 2.86. The van der Waals surface area contributed by atoms with Gasteiger partial charge >= 0.3 is 0 Å². The molecule has 1 aliphatic rings. The SMILES string of the molecule is COc1ccccc1CCNC(=O)C1CC(c2ccccc2)CN(Cc2ccc(F)cc2F)C1. The highest BCUT2D eigenvalue weighted by molar-refractivity contribution is 5.79. The van der Waals surface area contributed by atoms with Crippen LogP contribution in [0.1, 0.15) is 29.0 Å². The number of nitrogens with one attached hydrogen (secondary N) is 1. The first-order chi connectivity index (χ1) is 16.5. The topological polar surface area (TPSA) is 41.6 Å². The fourth-order valence-corrected chi connectivity index (χ4v) is 4.74. The molecule has 4 nitrogen and oxygen atoms in total. The summed E-state index contributed by atoms with van der Waals surface area (Å²) in [7, 11) is 1.64. The maximum absolute atomic E-state index is 14.3. The van der Waals surface area contributed by atoms with Gasteiger partial charge in [-0.25, -0.2) is 8.78 Å². The summed E-state index contributed by atoms with van der Waals surface area (Å²) in [4.78, 5) is 15.2. The number of hydrogen-bond acceptors (Lipinski definition) is 3. The zero-order chi connectivity index (χ0) is 23.9. The van der Waals surface area contributed by atoms with Crippen molar-refractivity contribution < 1.29 is 18.3 Å². The van der Waals surface area contributed by atoms with Gasteiger partial charge < -0.3 is 10.1 Å². The maximum Gasteiger partial charge on any atom is 0.224 e. The number of methoxy groups -OCH3 is 1. The lowest BCUT2D eigenvalue weighted by atomic mass is 9.84. The van der Waals surface area contributed by atoms with Gasteiger partial charge in [0.25, 0.3) is 0 Å². The number of carbonyl (C=O) groups excluding carboxylic acids is 1. The number of halogens is 2. The molecule has 3 aromatic carbocycles. The number of likely N-dealkylation sites (tertiary alicyclic amines) is 1. The van der Waals surface area contributed by atoms with Gasteiger partial charge in [0.1, 0.15) is 17.4 Å². The van der Waals surface area contributed by atoms with E-state index in [-0.39, 0.29) is 17.7 Å². The summed E-state index contributed by atoms with van der Waals surface area (Å²) in [5.74, 6) is -0.399. The monoisotopic (exact) mass is 464 g/mol. The summed E-state index contributed by atoms with van der Waals surface area (Å²) < 4.78 is 33.1. The van der Waals surface area contributed by atoms with E-state index in [1.807, 2.05) is 42.5 Å². The summed E-state index contributed by atoms with van der Waals surface area (Å²) >= 11 is 0. The van der Waals surface area contributed by atoms with E-state index in [1.165, 1.54) is 17.7 Å². The maximum atomic E-state index is 14.3. The molecular formula is C28H30F2N2O2. The molecule has 0 aromatic heterocycles. The Morgan fingerprint density at radius 1 is 1.00 bits per heavy atom. The number of benzene rings is 3. The van der Waals surface area contributed by atoms with Crippen molar-refractivity contribution in [2.24, 2.45) is 5.92 Å². The number of nitrogens with zero attached hydrogens (tertiary/aromatic N) is 1. The van der Waals surface area contributed by atoms with Crippen LogP contribution in [0.3, 0.4) is 0 Å². The molecule has 34 heavy (non-hydrogen) atoms. The lowest BCUT2D eigenvalue weighted by molar-refractivity contribution is -0.127. The number of carbonyl (C=O) groups is 1. The van der Waals surface area contributed by atoms with Crippen LogP contribution in [-0.2, 0) is 17.8 Å². The quantitative estimate of drug-likeness (QED) is 0.514. The first kappa shape index (κ1) is 23.9. The molecule has 1 N–H and O–H groups in total. The Bertz CT molecular complexity index is 1110. The Morgan fingerprint density at radius 2 is 1.76 bits per heavy atom. The van der Waals surface area contributed by atoms with Crippen LogP contribution in [0.5, 0.6) is 5.75 Å². The van der Waals surface area contributed by atoms with Crippen molar-refractivity contribution in [3.63, 3.8) is 0 Å². The highest BCUT2D eigenvalue weighted by Gasteiger charge is 2.32. The fourth-order valence-electron chi connectivity index (χ4n) is 4.74. The van der Waals surface area contributed by atoms with Crippen LogP contribution in [0.25, 0.3) is 0 Å². The van der Waals surface area contributed by atoms with Crippen molar-refractivity contribution in [3.8, 4) is 5.75 Å². The van der Waals surface area contributed by atoms with Crippen LogP contribution in [0.4, 0.5) is 8.78 Å². The number of amides is 1. The van der Waals surface area contributed by atoms with Crippen LogP contribution >= 0.6 is 0 Å². The molecule has 6 heteroatoms. The first-order valence-corrected chi connectivity index (χ1v) is 11.6. The molecule has 0 spiro atoms. The number of rotatable bonds is 8. The minimum Gasteiger partial charge on any atom is -0.496 e. The molecule has 2 atom stereocenters. The van der Waals surface area contributed by atoms with Crippen LogP contribution in [0.2, 0.25) is 0 Å². The van der Waals surface area contributed by atoms with Gasteiger partial charge in [-0.3, -0.25) is 9.69 Å². The summed E-state index contributed by atoms with van der Waals surface area (Å²) in [6, 6.07) is 21.6. The third kappa shape index (κ3) is 6.00. The number of para-hydroxylation sites is 1. The average molecular weight is 465 g/mol. The van der Waals surface area contributed by atoms with E-state index in [4.69, 9.17) is 4.74 Å². The second-order valence-corrected chi connectivity index (χ2v) is 8.82. The summed E-state index contributed by atoms with van der Waals surface area (Å²) in [5, 5.41) is 3.08. The minimum absolute atomic E-state index is 0.0000992. The van der Waals surface area contributed by atoms with Gasteiger partial charge in [0.15, 0.2) is 0 Å². The third-order valence-electron chi connectivity index (χ3n) is 6.46. The van der Waals surface area contributed by atoms with Gasteiger partial charge in [0.2, 0.25) is 5.91 Å². The molecule has 1 heterocycles. The predicted octanol–water partition coefficient (Wildman–Crippen LogP) is 4.94. The molecule has 178 valence electrons. The highest BCUT2D eigenvalue weighted by Crippen LogP contribution is 2.31. The molecule has 0 aliphatic carbocycles. The molecule has 2 unspecified atom stereocenters. The number of ether oxygens (including phenoxy) is 1. The van der Waals surface area contributed by atoms with Gasteiger partial charge in [-0.05, 0) is 42.0 Å². The largest absolute Gasteiger partial charge is 0.496 e. The first-order valence-electron chi connectivity index (χ1n) is 11.6. The molecule has 0 radical (unpaired) electrons. The molecular weight excluding hydrogens is 434 g/mol. The van der Waals surface area contributed by atoms with Crippen molar-refractivity contribution >= 4 is 5.91 Å². The summed E-state index contributed by atoms with van der Waals surface area (Å²) in [6.45, 7) is 2.09. The van der Waals surface area contributed by atoms with Crippen molar-refractivity contribution in [3.05, 3.63) is 101 Å². The van der Waals surface area contributed by atoms with Crippen molar-refractivity contribution in [1.29, 1.82) is 0 Å². The predicted molar refractivity (Wildman–Crippen MR) is 129 cm³/mol. The number of hydrogen-bond donors (Lipinski definition) is 1. The smallest absolute Gasteiger partial charge is 0.224 e. The molecule has 0 bridgehead atoms. The lowest BCUT2D eigenvalue weighted by Gasteiger charge is -2.37. The Hall–Kier alpha value is -3.25. The van der Waals surface area contributed by atoms with Crippen molar-refractivity contribution in [1.82, 2.24) is 10.2 Å². The Kier molecular flexibility index (Phi) is 7.91. The van der Waals surface area contributed by atoms with E-state index >= 15 is 0 Å². The van der Waals surface area contributed by atoms with Gasteiger partial charge in [-0.2, -0.15) is 0 Å². The fraction of sp³-hybridized carbons (Fsp3) is 0.321. The van der Waals surface area contributed by atoms with Crippen molar-refractivity contribution in [2.45, 2.75) is 25.3 Å². The third-order valence-corrected chi connectivity index (χ3v) is 6.46. The van der Waals surface area contributed by atoms with Crippen molar-refractivity contribution in [2.75, 3.05) is 26.7 Å². The Balaban J connectivity index is 1.44. The van der Waals surface area contributed by atoms with Crippen LogP contribution in [0.15, 0.2) is 72.8 Å². The molecule has 1 aliphatic heterocycles. The second-order valence-electron chi connectivity index (χ2n) is 8.82. The lowest BCUT2D eigenvalue weighted by Crippen LogP contribution is -2.45. The molecule has 0 saturated carbocycles. The van der Waals surface area contributed by atoms with E-state index < -0.39 is 11.6 Å². The molecule has 4 rings (SSSR count). The summed E-state index contributed by atoms with van der Waals surface area (Å²) in [6.07, 6.45) is 1.40. The van der Waals surface area contributed by atoms with E-state index in [1.54, 1.807) is 7.11 Å². The van der Waals surface area contributed by atoms with E-state index in [9.17, 15) is 13.6 Å². The highest BCUT2D eigenvalue weighted by atomic mass is 19.1. The zero-order valence-electron chi connectivity index (χ0n) is 19.3. The van der Waals surface area contributed by atoms with E-state index in [0.29, 0.717) is 38.2 Å². The number of piperidine rings is 1. The van der Waals surface area contributed by atoms with E-state index in [2.05, 4.69) is 22.3 Å². The van der Waals surface area contributed by atoms with Crippen LogP contribution < -0.4 is 10.1 Å². The molecule has 1 amide bonds. The second kappa shape index (κ2) is 11.3. The van der Waals surface area contributed by atoms with Gasteiger partial charge in [0, 0.05) is 37.8 Å².